The molecule has 1 saturated heterocycles. The molecule has 0 saturated carbocycles. The number of rotatable bonds is 6. The molecule has 1 aliphatic heterocycles. The van der Waals surface area contributed by atoms with Gasteiger partial charge in [-0.3, -0.25) is 14.5 Å². The average molecular weight is 380 g/mol. The van der Waals surface area contributed by atoms with Crippen LogP contribution < -0.4 is 10.2 Å². The maximum atomic E-state index is 12.4. The van der Waals surface area contributed by atoms with Crippen LogP contribution in [-0.2, 0) is 4.79 Å². The number of Topliss-reactive ketones (excluding diaryl/α,β-unsaturated/α-hetero) is 1. The zero-order chi connectivity index (χ0) is 20.1. The van der Waals surface area contributed by atoms with Crippen LogP contribution in [0.1, 0.15) is 41.4 Å². The minimum Gasteiger partial charge on any atom is -0.369 e. The first kappa shape index (κ1) is 20.1. The highest BCUT2D eigenvalue weighted by Gasteiger charge is 2.20. The number of hydrogen-bond acceptors (Lipinski definition) is 4. The van der Waals surface area contributed by atoms with Crippen molar-refractivity contribution in [3.63, 3.8) is 0 Å². The molecule has 0 aromatic heterocycles. The number of nitrogens with zero attached hydrogens (tertiary/aromatic N) is 2. The summed E-state index contributed by atoms with van der Waals surface area (Å²) in [4.78, 5) is 28.3. The quantitative estimate of drug-likeness (QED) is 0.783. The van der Waals surface area contributed by atoms with E-state index in [2.05, 4.69) is 46.3 Å². The minimum atomic E-state index is 0.00850. The maximum absolute atomic E-state index is 12.4. The van der Waals surface area contributed by atoms with Gasteiger partial charge in [-0.2, -0.15) is 0 Å². The van der Waals surface area contributed by atoms with Gasteiger partial charge >= 0.3 is 0 Å². The van der Waals surface area contributed by atoms with Crippen LogP contribution in [0.3, 0.4) is 0 Å². The van der Waals surface area contributed by atoms with Crippen LogP contribution in [0, 0.1) is 6.92 Å². The molecule has 5 nitrogen and oxygen atoms in total. The highest BCUT2D eigenvalue weighted by Crippen LogP contribution is 2.18. The Balaban J connectivity index is 1.46. The number of amides is 1. The summed E-state index contributed by atoms with van der Waals surface area (Å²) < 4.78 is 0. The summed E-state index contributed by atoms with van der Waals surface area (Å²) in [6.07, 6.45) is 0. The van der Waals surface area contributed by atoms with Gasteiger partial charge in [-0.1, -0.05) is 29.8 Å². The van der Waals surface area contributed by atoms with Crippen molar-refractivity contribution in [2.75, 3.05) is 37.6 Å². The molecule has 1 atom stereocenters. The molecule has 148 valence electrons. The smallest absolute Gasteiger partial charge is 0.234 e. The van der Waals surface area contributed by atoms with Gasteiger partial charge in [-0.25, -0.2) is 0 Å². The van der Waals surface area contributed by atoms with E-state index in [4.69, 9.17) is 0 Å². The number of benzene rings is 2. The van der Waals surface area contributed by atoms with E-state index >= 15 is 0 Å². The molecule has 1 aliphatic rings. The Hall–Kier alpha value is -2.66. The third-order valence-electron chi connectivity index (χ3n) is 5.33. The second-order valence-corrected chi connectivity index (χ2v) is 7.57. The number of nitrogens with one attached hydrogen (secondary N) is 1. The summed E-state index contributed by atoms with van der Waals surface area (Å²) in [7, 11) is 0. The van der Waals surface area contributed by atoms with Gasteiger partial charge < -0.3 is 10.2 Å². The van der Waals surface area contributed by atoms with Crippen molar-refractivity contribution in [3.8, 4) is 0 Å². The molecule has 1 amide bonds. The van der Waals surface area contributed by atoms with Gasteiger partial charge in [-0.05, 0) is 50.6 Å². The fourth-order valence-corrected chi connectivity index (χ4v) is 3.50. The van der Waals surface area contributed by atoms with E-state index in [1.54, 1.807) is 6.92 Å². The van der Waals surface area contributed by atoms with Crippen LogP contribution in [0.25, 0.3) is 0 Å². The predicted molar refractivity (Wildman–Crippen MR) is 113 cm³/mol. The van der Waals surface area contributed by atoms with Gasteiger partial charge in [0.05, 0.1) is 12.6 Å². The van der Waals surface area contributed by atoms with E-state index in [0.29, 0.717) is 6.54 Å². The van der Waals surface area contributed by atoms with E-state index in [9.17, 15) is 9.59 Å². The third kappa shape index (κ3) is 5.20. The van der Waals surface area contributed by atoms with Gasteiger partial charge in [0, 0.05) is 37.4 Å². The molecule has 3 rings (SSSR count). The second kappa shape index (κ2) is 9.02. The number of anilines is 1. The number of carbonyl (C=O) groups excluding carboxylic acids is 2. The Morgan fingerprint density at radius 3 is 2.14 bits per heavy atom. The van der Waals surface area contributed by atoms with E-state index in [1.165, 1.54) is 5.56 Å². The molecule has 2 aromatic rings. The number of aryl methyl sites for hydroxylation is 1. The first-order valence-corrected chi connectivity index (χ1v) is 9.86. The van der Waals surface area contributed by atoms with Crippen LogP contribution in [0.5, 0.6) is 0 Å². The first-order chi connectivity index (χ1) is 13.4. The SMILES string of the molecule is CC(=O)c1ccc(N2CCN(CC(=O)NC(C)c3ccc(C)cc3)CC2)cc1. The Morgan fingerprint density at radius 2 is 1.57 bits per heavy atom. The van der Waals surface area contributed by atoms with E-state index in [0.717, 1.165) is 43.0 Å². The maximum Gasteiger partial charge on any atom is 0.234 e. The van der Waals surface area contributed by atoms with Crippen LogP contribution in [0.4, 0.5) is 5.69 Å². The standard InChI is InChI=1S/C23H29N3O2/c1-17-4-6-20(7-5-17)18(2)24-23(28)16-25-12-14-26(15-13-25)22-10-8-21(9-11-22)19(3)27/h4-11,18H,12-16H2,1-3H3,(H,24,28). The highest BCUT2D eigenvalue weighted by molar-refractivity contribution is 5.94. The summed E-state index contributed by atoms with van der Waals surface area (Å²) in [5.74, 6) is 0.148. The molecule has 0 aliphatic carbocycles. The van der Waals surface area contributed by atoms with Crippen LogP contribution in [0.2, 0.25) is 0 Å². The minimum absolute atomic E-state index is 0.00850. The molecule has 2 aromatic carbocycles. The molecule has 1 N–H and O–H groups in total. The van der Waals surface area contributed by atoms with Crippen molar-refractivity contribution < 1.29 is 9.59 Å². The van der Waals surface area contributed by atoms with E-state index in [1.807, 2.05) is 31.2 Å². The van der Waals surface area contributed by atoms with Crippen LogP contribution in [-0.4, -0.2) is 49.3 Å². The van der Waals surface area contributed by atoms with Gasteiger partial charge in [0.25, 0.3) is 0 Å². The van der Waals surface area contributed by atoms with E-state index < -0.39 is 0 Å². The van der Waals surface area contributed by atoms with Crippen LogP contribution in [0.15, 0.2) is 48.5 Å². The normalized spacial score (nSPS) is 15.9. The Kier molecular flexibility index (Phi) is 6.47. The molecule has 0 bridgehead atoms. The van der Waals surface area contributed by atoms with Crippen molar-refractivity contribution in [2.24, 2.45) is 0 Å². The molecule has 1 fully saturated rings. The lowest BCUT2D eigenvalue weighted by Crippen LogP contribution is -2.49. The Morgan fingerprint density at radius 1 is 0.964 bits per heavy atom. The van der Waals surface area contributed by atoms with Crippen molar-refractivity contribution in [1.82, 2.24) is 10.2 Å². The number of carbonyl (C=O) groups is 2. The van der Waals surface area contributed by atoms with Crippen molar-refractivity contribution >= 4 is 17.4 Å². The highest BCUT2D eigenvalue weighted by atomic mass is 16.2. The molecular formula is C23H29N3O2. The Bertz CT molecular complexity index is 807. The van der Waals surface area contributed by atoms with E-state index in [-0.39, 0.29) is 17.7 Å². The van der Waals surface area contributed by atoms with Crippen molar-refractivity contribution in [3.05, 3.63) is 65.2 Å². The largest absolute Gasteiger partial charge is 0.369 e. The summed E-state index contributed by atoms with van der Waals surface area (Å²) in [6, 6.07) is 16.0. The fourth-order valence-electron chi connectivity index (χ4n) is 3.50. The fraction of sp³-hybridized carbons (Fsp3) is 0.391. The van der Waals surface area contributed by atoms with Gasteiger partial charge in [-0.15, -0.1) is 0 Å². The summed E-state index contributed by atoms with van der Waals surface area (Å²) >= 11 is 0. The van der Waals surface area contributed by atoms with Crippen molar-refractivity contribution in [1.29, 1.82) is 0 Å². The summed E-state index contributed by atoms with van der Waals surface area (Å²) in [5, 5.41) is 3.10. The number of piperazine rings is 1. The average Bonchev–Trinajstić information content (AvgIpc) is 2.69. The Labute approximate surface area is 167 Å². The zero-order valence-corrected chi connectivity index (χ0v) is 16.9. The molecule has 1 heterocycles. The molecular weight excluding hydrogens is 350 g/mol. The lowest BCUT2D eigenvalue weighted by atomic mass is 10.1. The lowest BCUT2D eigenvalue weighted by Gasteiger charge is -2.36. The summed E-state index contributed by atoms with van der Waals surface area (Å²) in [6.45, 7) is 9.53. The number of ketones is 1. The second-order valence-electron chi connectivity index (χ2n) is 7.57. The molecule has 5 heteroatoms. The molecule has 1 unspecified atom stereocenters. The predicted octanol–water partition coefficient (Wildman–Crippen LogP) is 3.20. The van der Waals surface area contributed by atoms with Crippen molar-refractivity contribution in [2.45, 2.75) is 26.8 Å². The topological polar surface area (TPSA) is 52.7 Å². The lowest BCUT2D eigenvalue weighted by molar-refractivity contribution is -0.123. The monoisotopic (exact) mass is 379 g/mol. The van der Waals surface area contributed by atoms with Crippen LogP contribution >= 0.6 is 0 Å². The molecule has 28 heavy (non-hydrogen) atoms. The molecule has 0 radical (unpaired) electrons. The van der Waals surface area contributed by atoms with Gasteiger partial charge in [0.15, 0.2) is 5.78 Å². The molecule has 0 spiro atoms. The zero-order valence-electron chi connectivity index (χ0n) is 16.9. The third-order valence-corrected chi connectivity index (χ3v) is 5.33. The summed E-state index contributed by atoms with van der Waals surface area (Å²) in [5.41, 5.74) is 4.21. The van der Waals surface area contributed by atoms with Gasteiger partial charge in [0.2, 0.25) is 5.91 Å². The first-order valence-electron chi connectivity index (χ1n) is 9.86. The number of hydrogen-bond donors (Lipinski definition) is 1. The van der Waals surface area contributed by atoms with Gasteiger partial charge in [0.1, 0.15) is 0 Å².